The minimum atomic E-state index is -0.686. The van der Waals surface area contributed by atoms with Crippen molar-refractivity contribution in [3.05, 3.63) is 83.0 Å². The summed E-state index contributed by atoms with van der Waals surface area (Å²) in [5, 5.41) is 10.3. The number of pyridine rings is 1. The fourth-order valence-electron chi connectivity index (χ4n) is 9.93. The first-order valence-corrected chi connectivity index (χ1v) is 23.2. The number of likely N-dealkylation sites (N-methyl/N-ethyl adjacent to an activating group) is 1. The maximum Gasteiger partial charge on any atom is 0.329 e. The number of carbonyl (C=O) groups excluding carboxylic acids is 3. The molecule has 2 N–H and O–H groups in total. The number of nitrogens with one attached hydrogen (secondary N) is 2. The van der Waals surface area contributed by atoms with Gasteiger partial charge in [0.25, 0.3) is 5.91 Å². The summed E-state index contributed by atoms with van der Waals surface area (Å²) in [6.45, 7) is 11.4. The number of oxazole rings is 1. The maximum atomic E-state index is 13.4. The molecule has 1 unspecified atom stereocenters. The van der Waals surface area contributed by atoms with Gasteiger partial charge in [-0.15, -0.1) is 0 Å². The number of rotatable bonds is 16. The summed E-state index contributed by atoms with van der Waals surface area (Å²) in [5.74, 6) is 0.716. The Bertz CT molecular complexity index is 2630. The number of allylic oxidation sites excluding steroid dienone is 1. The molecule has 17 heteroatoms. The molecule has 65 heavy (non-hydrogen) atoms. The van der Waals surface area contributed by atoms with Crippen molar-refractivity contribution in [2.75, 3.05) is 63.6 Å². The second-order valence-corrected chi connectivity index (χ2v) is 18.7. The third-order valence-electron chi connectivity index (χ3n) is 13.7. The molecular formula is C48H61N11O6. The normalized spacial score (nSPS) is 21.8. The Morgan fingerprint density at radius 3 is 2.60 bits per heavy atom. The first-order valence-electron chi connectivity index (χ1n) is 23.2. The average Bonchev–Trinajstić information content (AvgIpc) is 3.77. The molecule has 17 nitrogen and oxygen atoms in total. The molecule has 6 heterocycles. The first kappa shape index (κ1) is 44.3. The molecule has 344 valence electrons. The van der Waals surface area contributed by atoms with E-state index in [2.05, 4.69) is 55.0 Å². The molecule has 2 atom stereocenters. The smallest absolute Gasteiger partial charge is 0.329 e. The molecule has 2 saturated carbocycles. The second-order valence-electron chi connectivity index (χ2n) is 18.7. The number of imidazole rings is 1. The Kier molecular flexibility index (Phi) is 12.9. The Balaban J connectivity index is 0.725. The fraction of sp³-hybridized carbons (Fsp3) is 0.521. The quantitative estimate of drug-likeness (QED) is 0.120. The predicted molar refractivity (Wildman–Crippen MR) is 248 cm³/mol. The van der Waals surface area contributed by atoms with Crippen LogP contribution in [-0.4, -0.2) is 122 Å². The van der Waals surface area contributed by atoms with Gasteiger partial charge in [0.2, 0.25) is 17.7 Å². The van der Waals surface area contributed by atoms with Crippen molar-refractivity contribution in [2.45, 2.75) is 95.4 Å². The minimum absolute atomic E-state index is 0.146. The van der Waals surface area contributed by atoms with Crippen LogP contribution in [0.3, 0.4) is 0 Å². The lowest BCUT2D eigenvalue weighted by molar-refractivity contribution is -0.135. The lowest BCUT2D eigenvalue weighted by Crippen LogP contribution is -2.47. The molecule has 4 aliphatic rings. The van der Waals surface area contributed by atoms with Crippen molar-refractivity contribution in [1.29, 1.82) is 0 Å². The number of anilines is 2. The molecule has 0 bridgehead atoms. The van der Waals surface area contributed by atoms with E-state index < -0.39 is 11.9 Å². The van der Waals surface area contributed by atoms with Crippen LogP contribution in [0.4, 0.5) is 11.5 Å². The highest BCUT2D eigenvalue weighted by Gasteiger charge is 2.32. The number of nitrogens with zero attached hydrogens (tertiary/aromatic N) is 9. The van der Waals surface area contributed by atoms with Crippen molar-refractivity contribution in [2.24, 2.45) is 13.0 Å². The van der Waals surface area contributed by atoms with E-state index in [1.807, 2.05) is 49.1 Å². The summed E-state index contributed by atoms with van der Waals surface area (Å²) in [4.78, 5) is 67.0. The highest BCUT2D eigenvalue weighted by Crippen LogP contribution is 2.35. The van der Waals surface area contributed by atoms with E-state index in [-0.39, 0.29) is 41.8 Å². The lowest BCUT2D eigenvalue weighted by atomic mass is 9.86. The minimum Gasteiger partial charge on any atom is -0.444 e. The van der Waals surface area contributed by atoms with E-state index in [0.717, 1.165) is 99.3 Å². The molecular weight excluding hydrogens is 827 g/mol. The van der Waals surface area contributed by atoms with Crippen LogP contribution in [-0.2, 0) is 27.8 Å². The van der Waals surface area contributed by atoms with Gasteiger partial charge in [0, 0.05) is 70.7 Å². The number of benzene rings is 1. The number of aromatic nitrogens is 6. The van der Waals surface area contributed by atoms with Crippen molar-refractivity contribution in [1.82, 2.24) is 44.0 Å². The van der Waals surface area contributed by atoms with Crippen molar-refractivity contribution in [3.8, 4) is 11.5 Å². The van der Waals surface area contributed by atoms with Crippen molar-refractivity contribution < 1.29 is 23.5 Å². The molecule has 1 aromatic carbocycles. The number of imide groups is 1. The molecule has 2 aliphatic carbocycles. The monoisotopic (exact) mass is 887 g/mol. The highest BCUT2D eigenvalue weighted by molar-refractivity contribution is 6.04. The van der Waals surface area contributed by atoms with Gasteiger partial charge in [0.1, 0.15) is 23.8 Å². The Hall–Kier alpha value is -5.91. The van der Waals surface area contributed by atoms with Gasteiger partial charge in [-0.1, -0.05) is 12.6 Å². The lowest BCUT2D eigenvalue weighted by Gasteiger charge is -2.36. The van der Waals surface area contributed by atoms with Crippen LogP contribution < -0.4 is 21.2 Å². The van der Waals surface area contributed by atoms with Crippen molar-refractivity contribution >= 4 is 45.8 Å². The molecule has 5 aromatic rings. The van der Waals surface area contributed by atoms with Crippen LogP contribution in [0.5, 0.6) is 0 Å². The van der Waals surface area contributed by atoms with Gasteiger partial charge in [0.15, 0.2) is 5.69 Å². The van der Waals surface area contributed by atoms with Gasteiger partial charge in [0.05, 0.1) is 35.5 Å². The SMILES string of the molecule is C=C(C)c1nn(C2CCC(CN(C)C[C@@H]3CN(CCCc4ccc5c(c4)n(C)c(=O)n5C4CCC(=O)NC4=O)CCO3)CC2)cc1NC(=O)c1coc(-c2ccnc(N(C)C3CC3)c2)n1. The van der Waals surface area contributed by atoms with Gasteiger partial charge in [-0.3, -0.25) is 38.4 Å². The zero-order valence-electron chi connectivity index (χ0n) is 38.0. The van der Waals surface area contributed by atoms with Crippen molar-refractivity contribution in [3.63, 3.8) is 0 Å². The molecule has 9 rings (SSSR count). The maximum absolute atomic E-state index is 13.4. The first-order chi connectivity index (χ1) is 31.4. The number of carbonyl (C=O) groups is 3. The Labute approximate surface area is 378 Å². The van der Waals surface area contributed by atoms with E-state index >= 15 is 0 Å². The standard InChI is InChI=1S/C48H61N11O6/c1-30(2)44-37(50-45(61)38-29-65-47(51-38)33-18-19-49-42(24-33)55(4)34-13-14-34)28-58(53-44)35-11-8-32(9-12-35)25-54(3)26-36-27-57(21-22-64-36)20-6-7-31-10-15-39-41(23-31)56(5)48(63)59(39)40-16-17-43(60)52-46(40)62/h10,15,18-19,23-24,28-29,32,34-36,40H,1,6-9,11-14,16-17,20-22,25-27H2,2-5H3,(H,50,61)(H,52,60,62)/t32?,35?,36-,40?/m1/s1. The number of piperidine rings is 1. The Morgan fingerprint density at radius 2 is 1.83 bits per heavy atom. The molecule has 2 aliphatic heterocycles. The predicted octanol–water partition coefficient (Wildman–Crippen LogP) is 5.44. The third kappa shape index (κ3) is 9.87. The molecule has 3 amide bonds. The van der Waals surface area contributed by atoms with Gasteiger partial charge in [-0.2, -0.15) is 5.10 Å². The number of amides is 3. The molecule has 0 radical (unpaired) electrons. The summed E-state index contributed by atoms with van der Waals surface area (Å²) < 4.78 is 17.1. The van der Waals surface area contributed by atoms with E-state index in [1.54, 1.807) is 17.8 Å². The number of hydrogen-bond acceptors (Lipinski definition) is 12. The largest absolute Gasteiger partial charge is 0.444 e. The van der Waals surface area contributed by atoms with Gasteiger partial charge in [-0.25, -0.2) is 14.8 Å². The van der Waals surface area contributed by atoms with E-state index in [9.17, 15) is 19.2 Å². The number of hydrogen-bond donors (Lipinski definition) is 2. The number of fused-ring (bicyclic) bond motifs is 1. The third-order valence-corrected chi connectivity index (χ3v) is 13.7. The molecule has 2 saturated heterocycles. The molecule has 0 spiro atoms. The summed E-state index contributed by atoms with van der Waals surface area (Å²) >= 11 is 0. The van der Waals surface area contributed by atoms with Crippen LogP contribution in [0.15, 0.2) is 64.8 Å². The van der Waals surface area contributed by atoms with Gasteiger partial charge in [-0.05, 0) is 120 Å². The number of ether oxygens (including phenoxy) is 1. The Morgan fingerprint density at radius 1 is 1.02 bits per heavy atom. The fourth-order valence-corrected chi connectivity index (χ4v) is 9.93. The van der Waals surface area contributed by atoms with E-state index in [0.29, 0.717) is 47.8 Å². The summed E-state index contributed by atoms with van der Waals surface area (Å²) in [7, 11) is 5.98. The van der Waals surface area contributed by atoms with Crippen LogP contribution in [0.2, 0.25) is 0 Å². The van der Waals surface area contributed by atoms with E-state index in [1.165, 1.54) is 23.7 Å². The highest BCUT2D eigenvalue weighted by atomic mass is 16.5. The van der Waals surface area contributed by atoms with Crippen LogP contribution in [0, 0.1) is 5.92 Å². The second kappa shape index (κ2) is 18.9. The van der Waals surface area contributed by atoms with Crippen LogP contribution >= 0.6 is 0 Å². The molecule has 4 aromatic heterocycles. The number of morpholine rings is 1. The van der Waals surface area contributed by atoms with Gasteiger partial charge >= 0.3 is 5.69 Å². The van der Waals surface area contributed by atoms with Gasteiger partial charge < -0.3 is 24.3 Å². The average molecular weight is 888 g/mol. The molecule has 4 fully saturated rings. The summed E-state index contributed by atoms with van der Waals surface area (Å²) in [5.41, 5.74) is 5.41. The van der Waals surface area contributed by atoms with Crippen LogP contribution in [0.1, 0.15) is 98.5 Å². The zero-order valence-corrected chi connectivity index (χ0v) is 38.0. The topological polar surface area (TPSA) is 178 Å². The van der Waals surface area contributed by atoms with E-state index in [4.69, 9.17) is 14.3 Å². The zero-order chi connectivity index (χ0) is 45.4. The van der Waals surface area contributed by atoms with Crippen LogP contribution in [0.25, 0.3) is 28.1 Å². The summed E-state index contributed by atoms with van der Waals surface area (Å²) in [6.07, 6.45) is 14.1. The number of aryl methyl sites for hydroxylation is 2. The summed E-state index contributed by atoms with van der Waals surface area (Å²) in [6, 6.07) is 9.88.